The lowest BCUT2D eigenvalue weighted by Gasteiger charge is -2.07. The zero-order valence-corrected chi connectivity index (χ0v) is 10.0. The van der Waals surface area contributed by atoms with Gasteiger partial charge in [0.15, 0.2) is 0 Å². The van der Waals surface area contributed by atoms with Crippen molar-refractivity contribution in [2.45, 2.75) is 5.75 Å². The van der Waals surface area contributed by atoms with E-state index < -0.39 is 14.8 Å². The molecule has 4 nitrogen and oxygen atoms in total. The average molecular weight is 271 g/mol. The van der Waals surface area contributed by atoms with Crippen LogP contribution in [0.2, 0.25) is 5.02 Å². The molecule has 1 aromatic carbocycles. The molecular weight excluding hydrogens is 263 g/mol. The summed E-state index contributed by atoms with van der Waals surface area (Å²) in [4.78, 5) is 0. The van der Waals surface area contributed by atoms with Crippen LogP contribution in [0.5, 0.6) is 11.5 Å². The van der Waals surface area contributed by atoms with Crippen molar-refractivity contribution in [2.75, 3.05) is 7.11 Å². The van der Waals surface area contributed by atoms with E-state index in [1.165, 1.54) is 19.2 Å². The first-order valence-corrected chi connectivity index (χ1v) is 6.67. The number of phenolic OH excluding ortho intramolecular Hbond substituents is 1. The lowest BCUT2D eigenvalue weighted by Crippen LogP contribution is -1.97. The molecule has 84 valence electrons. The van der Waals surface area contributed by atoms with Gasteiger partial charge in [0.1, 0.15) is 11.5 Å². The molecule has 0 aromatic heterocycles. The van der Waals surface area contributed by atoms with Crippen LogP contribution in [0.25, 0.3) is 0 Å². The van der Waals surface area contributed by atoms with E-state index in [0.717, 1.165) is 0 Å². The summed E-state index contributed by atoms with van der Waals surface area (Å²) in [5.74, 6) is -0.452. The van der Waals surface area contributed by atoms with Crippen LogP contribution in [0.4, 0.5) is 0 Å². The second-order valence-corrected chi connectivity index (χ2v) is 5.98. The first-order valence-electron chi connectivity index (χ1n) is 3.81. The minimum absolute atomic E-state index is 0.0182. The van der Waals surface area contributed by atoms with Gasteiger partial charge in [0.05, 0.1) is 17.9 Å². The molecule has 1 rings (SSSR count). The van der Waals surface area contributed by atoms with E-state index >= 15 is 0 Å². The molecule has 0 unspecified atom stereocenters. The fourth-order valence-electron chi connectivity index (χ4n) is 1.04. The molecule has 15 heavy (non-hydrogen) atoms. The van der Waals surface area contributed by atoms with Crippen molar-refractivity contribution in [1.82, 2.24) is 0 Å². The van der Waals surface area contributed by atoms with Crippen LogP contribution in [0.3, 0.4) is 0 Å². The van der Waals surface area contributed by atoms with Crippen LogP contribution in [-0.2, 0) is 14.8 Å². The van der Waals surface area contributed by atoms with Crippen LogP contribution < -0.4 is 4.74 Å². The summed E-state index contributed by atoms with van der Waals surface area (Å²) in [5.41, 5.74) is 0.106. The van der Waals surface area contributed by atoms with Gasteiger partial charge in [-0.15, -0.1) is 0 Å². The van der Waals surface area contributed by atoms with Gasteiger partial charge < -0.3 is 9.84 Å². The van der Waals surface area contributed by atoms with E-state index in [9.17, 15) is 13.5 Å². The van der Waals surface area contributed by atoms with Crippen molar-refractivity contribution >= 4 is 31.3 Å². The maximum atomic E-state index is 10.8. The maximum absolute atomic E-state index is 10.8. The number of rotatable bonds is 3. The van der Waals surface area contributed by atoms with Gasteiger partial charge in [-0.25, -0.2) is 8.42 Å². The molecular formula is C8H8Cl2O4S. The van der Waals surface area contributed by atoms with Crippen LogP contribution in [0.15, 0.2) is 12.1 Å². The van der Waals surface area contributed by atoms with E-state index in [-0.39, 0.29) is 16.3 Å². The summed E-state index contributed by atoms with van der Waals surface area (Å²) >= 11 is 5.66. The molecule has 0 atom stereocenters. The molecule has 0 aliphatic rings. The quantitative estimate of drug-likeness (QED) is 0.855. The molecule has 0 fully saturated rings. The normalized spacial score (nSPS) is 11.4. The molecule has 0 heterocycles. The molecule has 0 saturated heterocycles. The number of ether oxygens (including phenoxy) is 1. The Morgan fingerprint density at radius 2 is 2.07 bits per heavy atom. The molecule has 0 saturated carbocycles. The Morgan fingerprint density at radius 3 is 2.53 bits per heavy atom. The molecule has 0 bridgehead atoms. The van der Waals surface area contributed by atoms with Gasteiger partial charge in [0.2, 0.25) is 9.05 Å². The average Bonchev–Trinajstić information content (AvgIpc) is 2.10. The number of benzene rings is 1. The smallest absolute Gasteiger partial charge is 0.236 e. The largest absolute Gasteiger partial charge is 0.506 e. The van der Waals surface area contributed by atoms with E-state index in [2.05, 4.69) is 0 Å². The SMILES string of the molecule is COc1cc(Cl)c(O)c(CS(=O)(=O)Cl)c1. The predicted molar refractivity (Wildman–Crippen MR) is 58.1 cm³/mol. The highest BCUT2D eigenvalue weighted by molar-refractivity contribution is 8.13. The Morgan fingerprint density at radius 1 is 1.47 bits per heavy atom. The minimum atomic E-state index is -3.74. The zero-order valence-electron chi connectivity index (χ0n) is 7.70. The standard InChI is InChI=1S/C8H8Cl2O4S/c1-14-6-2-5(4-15(10,12)13)8(11)7(9)3-6/h2-3,11H,4H2,1H3. The Kier molecular flexibility index (Phi) is 3.70. The van der Waals surface area contributed by atoms with Gasteiger partial charge in [-0.1, -0.05) is 11.6 Å². The first kappa shape index (κ1) is 12.4. The number of methoxy groups -OCH3 is 1. The molecule has 0 aliphatic heterocycles. The Bertz CT molecular complexity index is 470. The van der Waals surface area contributed by atoms with Crippen LogP contribution >= 0.6 is 22.3 Å². The van der Waals surface area contributed by atoms with Crippen molar-refractivity contribution < 1.29 is 18.3 Å². The van der Waals surface area contributed by atoms with Crippen molar-refractivity contribution in [3.63, 3.8) is 0 Å². The van der Waals surface area contributed by atoms with Gasteiger partial charge in [-0.05, 0) is 6.07 Å². The first-order chi connectivity index (χ1) is 6.83. The predicted octanol–water partition coefficient (Wildman–Crippen LogP) is 2.12. The van der Waals surface area contributed by atoms with E-state index in [4.69, 9.17) is 27.0 Å². The van der Waals surface area contributed by atoms with Crippen molar-refractivity contribution in [3.8, 4) is 11.5 Å². The van der Waals surface area contributed by atoms with Crippen LogP contribution in [-0.4, -0.2) is 20.6 Å². The lowest BCUT2D eigenvalue weighted by atomic mass is 10.2. The summed E-state index contributed by atoms with van der Waals surface area (Å²) in [6.45, 7) is 0. The highest BCUT2D eigenvalue weighted by Crippen LogP contribution is 2.33. The number of hydrogen-bond donors (Lipinski definition) is 1. The molecule has 1 aromatic rings. The molecule has 1 N–H and O–H groups in total. The lowest BCUT2D eigenvalue weighted by molar-refractivity contribution is 0.411. The van der Waals surface area contributed by atoms with Crippen LogP contribution in [0, 0.1) is 0 Å². The van der Waals surface area contributed by atoms with Gasteiger partial charge in [-0.2, -0.15) is 0 Å². The highest BCUT2D eigenvalue weighted by Gasteiger charge is 2.15. The third-order valence-corrected chi connectivity index (χ3v) is 2.95. The van der Waals surface area contributed by atoms with E-state index in [1.54, 1.807) is 0 Å². The van der Waals surface area contributed by atoms with Crippen LogP contribution in [0.1, 0.15) is 5.56 Å². The molecule has 7 heteroatoms. The Balaban J connectivity index is 3.22. The van der Waals surface area contributed by atoms with Gasteiger partial charge in [0.25, 0.3) is 0 Å². The Hall–Kier alpha value is -0.650. The molecule has 0 amide bonds. The van der Waals surface area contributed by atoms with Gasteiger partial charge >= 0.3 is 0 Å². The van der Waals surface area contributed by atoms with Crippen molar-refractivity contribution in [1.29, 1.82) is 0 Å². The van der Waals surface area contributed by atoms with Crippen molar-refractivity contribution in [2.24, 2.45) is 0 Å². The van der Waals surface area contributed by atoms with E-state index in [1.807, 2.05) is 0 Å². The second-order valence-electron chi connectivity index (χ2n) is 2.80. The Labute approximate surface area is 96.8 Å². The fraction of sp³-hybridized carbons (Fsp3) is 0.250. The number of aromatic hydroxyl groups is 1. The molecule has 0 radical (unpaired) electrons. The highest BCUT2D eigenvalue weighted by atomic mass is 35.7. The number of phenols is 1. The summed E-state index contributed by atoms with van der Waals surface area (Å²) in [6.07, 6.45) is 0. The molecule has 0 aliphatic carbocycles. The van der Waals surface area contributed by atoms with Gasteiger partial charge in [0, 0.05) is 22.3 Å². The number of halogens is 2. The summed E-state index contributed by atoms with van der Waals surface area (Å²) < 4.78 is 26.5. The van der Waals surface area contributed by atoms with E-state index in [0.29, 0.717) is 5.75 Å². The monoisotopic (exact) mass is 270 g/mol. The maximum Gasteiger partial charge on any atom is 0.236 e. The molecule has 0 spiro atoms. The minimum Gasteiger partial charge on any atom is -0.506 e. The summed E-state index contributed by atoms with van der Waals surface area (Å²) in [5, 5.41) is 9.49. The zero-order chi connectivity index (χ0) is 11.6. The second kappa shape index (κ2) is 4.47. The topological polar surface area (TPSA) is 63.6 Å². The summed E-state index contributed by atoms with van der Waals surface area (Å²) in [7, 11) is 2.73. The van der Waals surface area contributed by atoms with Gasteiger partial charge in [-0.3, -0.25) is 0 Å². The fourth-order valence-corrected chi connectivity index (χ4v) is 2.22. The third kappa shape index (κ3) is 3.44. The number of hydrogen-bond acceptors (Lipinski definition) is 4. The third-order valence-electron chi connectivity index (χ3n) is 1.68. The van der Waals surface area contributed by atoms with Crippen molar-refractivity contribution in [3.05, 3.63) is 22.7 Å². The summed E-state index contributed by atoms with van der Waals surface area (Å²) in [6, 6.07) is 2.74.